The van der Waals surface area contributed by atoms with Crippen molar-refractivity contribution >= 4 is 5.91 Å². The second-order valence-corrected chi connectivity index (χ2v) is 7.57. The standard InChI is InChI=1S/C23H29FN2O4/c1-17-3-6-19(13-22(17)24)23(28)26-11-9-25(10-12-26)14-20(27)16-30-15-18-4-7-21(29-2)8-5-18/h3-8,13,20,27H,9-12,14-16H2,1-2H3. The molecule has 1 amide bonds. The van der Waals surface area contributed by atoms with E-state index in [9.17, 15) is 14.3 Å². The number of β-amino-alcohol motifs (C(OH)–C–C–N with tert-alkyl or cyclic N) is 1. The first kappa shape index (κ1) is 22.2. The number of halogens is 1. The summed E-state index contributed by atoms with van der Waals surface area (Å²) >= 11 is 0. The average Bonchev–Trinajstić information content (AvgIpc) is 2.76. The first-order valence-corrected chi connectivity index (χ1v) is 10.1. The van der Waals surface area contributed by atoms with Crippen molar-refractivity contribution in [2.45, 2.75) is 19.6 Å². The number of aliphatic hydroxyl groups excluding tert-OH is 1. The molecule has 1 heterocycles. The fourth-order valence-corrected chi connectivity index (χ4v) is 3.43. The molecule has 2 aromatic carbocycles. The van der Waals surface area contributed by atoms with E-state index in [0.717, 1.165) is 11.3 Å². The average molecular weight is 416 g/mol. The minimum absolute atomic E-state index is 0.156. The number of ether oxygens (including phenoxy) is 2. The number of aliphatic hydroxyl groups is 1. The van der Waals surface area contributed by atoms with Gasteiger partial charge in [0.05, 0.1) is 26.4 Å². The summed E-state index contributed by atoms with van der Waals surface area (Å²) in [4.78, 5) is 16.4. The first-order chi connectivity index (χ1) is 14.5. The maximum absolute atomic E-state index is 13.7. The molecule has 1 unspecified atom stereocenters. The SMILES string of the molecule is COc1ccc(COCC(O)CN2CCN(C(=O)c3ccc(C)c(F)c3)CC2)cc1. The van der Waals surface area contributed by atoms with Crippen molar-refractivity contribution in [1.29, 1.82) is 0 Å². The van der Waals surface area contributed by atoms with E-state index < -0.39 is 6.10 Å². The Kier molecular flexibility index (Phi) is 7.79. The highest BCUT2D eigenvalue weighted by atomic mass is 19.1. The fraction of sp³-hybridized carbons (Fsp3) is 0.435. The van der Waals surface area contributed by atoms with E-state index in [1.54, 1.807) is 31.1 Å². The van der Waals surface area contributed by atoms with Crippen LogP contribution in [-0.4, -0.2) is 73.4 Å². The van der Waals surface area contributed by atoms with Crippen LogP contribution in [0, 0.1) is 12.7 Å². The molecular formula is C23H29FN2O4. The van der Waals surface area contributed by atoms with Gasteiger partial charge in [0.15, 0.2) is 0 Å². The van der Waals surface area contributed by atoms with E-state index in [1.807, 2.05) is 24.3 Å². The second-order valence-electron chi connectivity index (χ2n) is 7.57. The highest BCUT2D eigenvalue weighted by Crippen LogP contribution is 2.14. The monoisotopic (exact) mass is 416 g/mol. The third kappa shape index (κ3) is 6.01. The van der Waals surface area contributed by atoms with E-state index in [1.165, 1.54) is 6.07 Å². The maximum Gasteiger partial charge on any atom is 0.254 e. The zero-order chi connectivity index (χ0) is 21.5. The van der Waals surface area contributed by atoms with Crippen molar-refractivity contribution in [3.63, 3.8) is 0 Å². The van der Waals surface area contributed by atoms with E-state index in [0.29, 0.717) is 50.5 Å². The molecule has 0 spiro atoms. The Morgan fingerprint density at radius 3 is 2.47 bits per heavy atom. The molecule has 162 valence electrons. The summed E-state index contributed by atoms with van der Waals surface area (Å²) in [5.74, 6) is 0.276. The molecule has 3 rings (SSSR count). The molecule has 0 saturated carbocycles. The number of methoxy groups -OCH3 is 1. The van der Waals surface area contributed by atoms with Gasteiger partial charge in [0.1, 0.15) is 11.6 Å². The van der Waals surface area contributed by atoms with Crippen molar-refractivity contribution in [2.24, 2.45) is 0 Å². The Balaban J connectivity index is 1.38. The third-order valence-corrected chi connectivity index (χ3v) is 5.29. The normalized spacial score (nSPS) is 15.8. The summed E-state index contributed by atoms with van der Waals surface area (Å²) in [5.41, 5.74) is 1.92. The molecule has 1 atom stereocenters. The van der Waals surface area contributed by atoms with Gasteiger partial charge in [0, 0.05) is 38.3 Å². The van der Waals surface area contributed by atoms with Gasteiger partial charge in [-0.2, -0.15) is 0 Å². The van der Waals surface area contributed by atoms with Crippen LogP contribution in [0.1, 0.15) is 21.5 Å². The summed E-state index contributed by atoms with van der Waals surface area (Å²) in [6.45, 7) is 5.26. The number of aryl methyl sites for hydroxylation is 1. The van der Waals surface area contributed by atoms with Crippen LogP contribution in [0.15, 0.2) is 42.5 Å². The van der Waals surface area contributed by atoms with Gasteiger partial charge in [-0.3, -0.25) is 9.69 Å². The number of amides is 1. The van der Waals surface area contributed by atoms with Crippen LogP contribution in [0.3, 0.4) is 0 Å². The van der Waals surface area contributed by atoms with Gasteiger partial charge in [-0.05, 0) is 42.3 Å². The smallest absolute Gasteiger partial charge is 0.254 e. The Labute approximate surface area is 176 Å². The van der Waals surface area contributed by atoms with Gasteiger partial charge in [0.25, 0.3) is 5.91 Å². The quantitative estimate of drug-likeness (QED) is 0.716. The van der Waals surface area contributed by atoms with Crippen LogP contribution < -0.4 is 4.74 Å². The van der Waals surface area contributed by atoms with Gasteiger partial charge in [0.2, 0.25) is 0 Å². The van der Waals surface area contributed by atoms with Gasteiger partial charge in [-0.15, -0.1) is 0 Å². The van der Waals surface area contributed by atoms with Gasteiger partial charge in [-0.25, -0.2) is 4.39 Å². The molecule has 0 radical (unpaired) electrons. The van der Waals surface area contributed by atoms with Gasteiger partial charge >= 0.3 is 0 Å². The largest absolute Gasteiger partial charge is 0.497 e. The van der Waals surface area contributed by atoms with Crippen molar-refractivity contribution in [1.82, 2.24) is 9.80 Å². The number of hydrogen-bond donors (Lipinski definition) is 1. The van der Waals surface area contributed by atoms with E-state index >= 15 is 0 Å². The molecule has 6 nitrogen and oxygen atoms in total. The maximum atomic E-state index is 13.7. The molecule has 0 bridgehead atoms. The number of carbonyl (C=O) groups is 1. The molecule has 2 aromatic rings. The van der Waals surface area contributed by atoms with Crippen molar-refractivity contribution in [3.05, 3.63) is 65.0 Å². The summed E-state index contributed by atoms with van der Waals surface area (Å²) in [6, 6.07) is 12.2. The zero-order valence-corrected chi connectivity index (χ0v) is 17.5. The number of carbonyl (C=O) groups excluding carboxylic acids is 1. The fourth-order valence-electron chi connectivity index (χ4n) is 3.43. The molecule has 7 heteroatoms. The molecule has 1 N–H and O–H groups in total. The lowest BCUT2D eigenvalue weighted by Crippen LogP contribution is -2.50. The molecule has 1 aliphatic heterocycles. The topological polar surface area (TPSA) is 62.2 Å². The van der Waals surface area contributed by atoms with Crippen LogP contribution in [0.2, 0.25) is 0 Å². The van der Waals surface area contributed by atoms with Gasteiger partial charge in [-0.1, -0.05) is 18.2 Å². The third-order valence-electron chi connectivity index (χ3n) is 5.29. The molecule has 1 saturated heterocycles. The molecule has 1 aliphatic rings. The van der Waals surface area contributed by atoms with Crippen molar-refractivity contribution < 1.29 is 23.8 Å². The zero-order valence-electron chi connectivity index (χ0n) is 17.5. The second kappa shape index (κ2) is 10.5. The van der Waals surface area contributed by atoms with E-state index in [4.69, 9.17) is 9.47 Å². The molecule has 0 aliphatic carbocycles. The van der Waals surface area contributed by atoms with E-state index in [-0.39, 0.29) is 18.3 Å². The highest BCUT2D eigenvalue weighted by molar-refractivity contribution is 5.94. The van der Waals surface area contributed by atoms with Gasteiger partial charge < -0.3 is 19.5 Å². The van der Waals surface area contributed by atoms with Crippen molar-refractivity contribution in [3.8, 4) is 5.75 Å². The minimum Gasteiger partial charge on any atom is -0.497 e. The van der Waals surface area contributed by atoms with Crippen LogP contribution in [-0.2, 0) is 11.3 Å². The Morgan fingerprint density at radius 1 is 1.13 bits per heavy atom. The first-order valence-electron chi connectivity index (χ1n) is 10.1. The Bertz CT molecular complexity index is 836. The number of benzene rings is 2. The summed E-state index contributed by atoms with van der Waals surface area (Å²) in [6.07, 6.45) is -0.600. The molecular weight excluding hydrogens is 387 g/mol. The van der Waals surface area contributed by atoms with Crippen LogP contribution >= 0.6 is 0 Å². The lowest BCUT2D eigenvalue weighted by Gasteiger charge is -2.35. The number of nitrogens with zero attached hydrogens (tertiary/aromatic N) is 2. The molecule has 0 aromatic heterocycles. The van der Waals surface area contributed by atoms with Crippen LogP contribution in [0.25, 0.3) is 0 Å². The number of rotatable bonds is 8. The summed E-state index contributed by atoms with van der Waals surface area (Å²) in [5, 5.41) is 10.3. The van der Waals surface area contributed by atoms with Crippen LogP contribution in [0.5, 0.6) is 5.75 Å². The highest BCUT2D eigenvalue weighted by Gasteiger charge is 2.23. The van der Waals surface area contributed by atoms with Crippen molar-refractivity contribution in [2.75, 3.05) is 46.4 Å². The molecule has 1 fully saturated rings. The predicted molar refractivity (Wildman–Crippen MR) is 112 cm³/mol. The van der Waals surface area contributed by atoms with Crippen LogP contribution in [0.4, 0.5) is 4.39 Å². The lowest BCUT2D eigenvalue weighted by molar-refractivity contribution is 0.00205. The molecule has 30 heavy (non-hydrogen) atoms. The lowest BCUT2D eigenvalue weighted by atomic mass is 10.1. The minimum atomic E-state index is -0.600. The summed E-state index contributed by atoms with van der Waals surface area (Å²) < 4.78 is 24.5. The summed E-state index contributed by atoms with van der Waals surface area (Å²) in [7, 11) is 1.62. The predicted octanol–water partition coefficient (Wildman–Crippen LogP) is 2.48. The number of piperazine rings is 1. The number of hydrogen-bond acceptors (Lipinski definition) is 5. The van der Waals surface area contributed by atoms with E-state index in [2.05, 4.69) is 4.90 Å². The Morgan fingerprint density at radius 2 is 1.83 bits per heavy atom. The Hall–Kier alpha value is -2.48.